The molecule has 13 heavy (non-hydrogen) atoms. The minimum atomic E-state index is -0.299. The lowest BCUT2D eigenvalue weighted by atomic mass is 10.4. The molecule has 1 aromatic rings. The summed E-state index contributed by atoms with van der Waals surface area (Å²) in [5.41, 5.74) is -0.299. The highest BCUT2D eigenvalue weighted by Crippen LogP contribution is 2.12. The Kier molecular flexibility index (Phi) is 3.09. The molecule has 0 aliphatic rings. The van der Waals surface area contributed by atoms with E-state index in [9.17, 15) is 4.79 Å². The van der Waals surface area contributed by atoms with E-state index < -0.39 is 0 Å². The molecule has 1 rings (SSSR count). The number of hydrogen-bond acceptors (Lipinski definition) is 3. The van der Waals surface area contributed by atoms with Gasteiger partial charge < -0.3 is 4.74 Å². The summed E-state index contributed by atoms with van der Waals surface area (Å²) >= 11 is 3.21. The van der Waals surface area contributed by atoms with Gasteiger partial charge in [-0.15, -0.1) is 0 Å². The molecule has 0 spiro atoms. The summed E-state index contributed by atoms with van der Waals surface area (Å²) < 4.78 is 6.83. The van der Waals surface area contributed by atoms with Crippen LogP contribution < -0.4 is 10.3 Å². The fraction of sp³-hybridized carbons (Fsp3) is 0.250. The topological polar surface area (TPSA) is 55.0 Å². The molecule has 0 aliphatic carbocycles. The van der Waals surface area contributed by atoms with E-state index in [-0.39, 0.29) is 17.9 Å². The maximum absolute atomic E-state index is 11.4. The van der Waals surface area contributed by atoms with Crippen LogP contribution in [0.1, 0.15) is 0 Å². The third kappa shape index (κ3) is 2.10. The van der Waals surface area contributed by atoms with Gasteiger partial charge >= 0.3 is 0 Å². The molecule has 1 heterocycles. The second-order valence-electron chi connectivity index (χ2n) is 2.32. The van der Waals surface area contributed by atoms with Crippen molar-refractivity contribution in [3.8, 4) is 11.8 Å². The van der Waals surface area contributed by atoms with E-state index in [4.69, 9.17) is 10.00 Å². The lowest BCUT2D eigenvalue weighted by Crippen LogP contribution is -2.20. The molecule has 68 valence electrons. The van der Waals surface area contributed by atoms with E-state index in [1.165, 1.54) is 11.7 Å². The Bertz CT molecular complexity index is 406. The van der Waals surface area contributed by atoms with Gasteiger partial charge in [0, 0.05) is 16.7 Å². The van der Waals surface area contributed by atoms with Gasteiger partial charge in [-0.3, -0.25) is 9.36 Å². The second kappa shape index (κ2) is 4.10. The molecule has 0 aliphatic heterocycles. The molecule has 0 unspecified atom stereocenters. The van der Waals surface area contributed by atoms with E-state index in [2.05, 4.69) is 15.9 Å². The van der Waals surface area contributed by atoms with Crippen molar-refractivity contribution in [3.63, 3.8) is 0 Å². The third-order valence-electron chi connectivity index (χ3n) is 1.48. The average molecular weight is 243 g/mol. The lowest BCUT2D eigenvalue weighted by Gasteiger charge is -2.04. The lowest BCUT2D eigenvalue weighted by molar-refractivity contribution is 0.403. The van der Waals surface area contributed by atoms with Crippen molar-refractivity contribution in [1.82, 2.24) is 4.57 Å². The summed E-state index contributed by atoms with van der Waals surface area (Å²) in [6.07, 6.45) is 1.55. The highest BCUT2D eigenvalue weighted by molar-refractivity contribution is 9.10. The van der Waals surface area contributed by atoms with Gasteiger partial charge in [0.05, 0.1) is 13.2 Å². The maximum atomic E-state index is 11.4. The largest absolute Gasteiger partial charge is 0.491 e. The van der Waals surface area contributed by atoms with Crippen LogP contribution in [-0.4, -0.2) is 11.7 Å². The fourth-order valence-electron chi connectivity index (χ4n) is 0.913. The number of methoxy groups -OCH3 is 1. The number of halogens is 1. The standard InChI is InChI=1S/C8H7BrN2O2/c1-13-7-4-6(9)5-11(3-2-10)8(7)12/h4-5H,3H2,1H3. The highest BCUT2D eigenvalue weighted by Gasteiger charge is 2.04. The Morgan fingerprint density at radius 3 is 3.00 bits per heavy atom. The van der Waals surface area contributed by atoms with Gasteiger partial charge in [0.1, 0.15) is 6.54 Å². The summed E-state index contributed by atoms with van der Waals surface area (Å²) in [6, 6.07) is 3.46. The van der Waals surface area contributed by atoms with E-state index in [1.54, 1.807) is 12.3 Å². The van der Waals surface area contributed by atoms with Gasteiger partial charge in [-0.2, -0.15) is 5.26 Å². The number of nitriles is 1. The summed E-state index contributed by atoms with van der Waals surface area (Å²) in [6.45, 7) is 0.0225. The van der Waals surface area contributed by atoms with Crippen LogP contribution in [0.25, 0.3) is 0 Å². The molecule has 0 N–H and O–H groups in total. The number of pyridine rings is 1. The van der Waals surface area contributed by atoms with Crippen LogP contribution in [0.4, 0.5) is 0 Å². The Hall–Kier alpha value is -1.28. The summed E-state index contributed by atoms with van der Waals surface area (Å²) in [5, 5.41) is 8.43. The van der Waals surface area contributed by atoms with Crippen LogP contribution in [0, 0.1) is 11.3 Å². The van der Waals surface area contributed by atoms with Gasteiger partial charge in [-0.1, -0.05) is 0 Å². The first-order valence-electron chi connectivity index (χ1n) is 3.50. The molecule has 0 radical (unpaired) electrons. The molecule has 0 fully saturated rings. The van der Waals surface area contributed by atoms with Crippen molar-refractivity contribution in [3.05, 3.63) is 27.1 Å². The van der Waals surface area contributed by atoms with Crippen LogP contribution in [0.5, 0.6) is 5.75 Å². The quantitative estimate of drug-likeness (QED) is 0.782. The maximum Gasteiger partial charge on any atom is 0.293 e. The number of ether oxygens (including phenoxy) is 1. The van der Waals surface area contributed by atoms with Crippen molar-refractivity contribution in [1.29, 1.82) is 5.26 Å². The van der Waals surface area contributed by atoms with Gasteiger partial charge in [-0.25, -0.2) is 0 Å². The zero-order chi connectivity index (χ0) is 9.84. The highest BCUT2D eigenvalue weighted by atomic mass is 79.9. The van der Waals surface area contributed by atoms with Crippen molar-refractivity contribution in [2.24, 2.45) is 0 Å². The third-order valence-corrected chi connectivity index (χ3v) is 1.91. The number of hydrogen-bond donors (Lipinski definition) is 0. The molecule has 0 saturated carbocycles. The summed E-state index contributed by atoms with van der Waals surface area (Å²) in [5.74, 6) is 0.227. The van der Waals surface area contributed by atoms with E-state index >= 15 is 0 Å². The normalized spacial score (nSPS) is 9.31. The first kappa shape index (κ1) is 9.81. The van der Waals surface area contributed by atoms with Crippen LogP contribution in [0.2, 0.25) is 0 Å². The zero-order valence-corrected chi connectivity index (χ0v) is 8.54. The van der Waals surface area contributed by atoms with Crippen LogP contribution in [0.15, 0.2) is 21.5 Å². The van der Waals surface area contributed by atoms with Crippen molar-refractivity contribution >= 4 is 15.9 Å². The Morgan fingerprint density at radius 1 is 1.77 bits per heavy atom. The monoisotopic (exact) mass is 242 g/mol. The molecule has 1 aromatic heterocycles. The molecule has 0 saturated heterocycles. The van der Waals surface area contributed by atoms with Gasteiger partial charge in [0.25, 0.3) is 5.56 Å². The minimum Gasteiger partial charge on any atom is -0.491 e. The number of rotatable bonds is 2. The van der Waals surface area contributed by atoms with Crippen LogP contribution in [-0.2, 0) is 6.54 Å². The van der Waals surface area contributed by atoms with Crippen molar-refractivity contribution in [2.75, 3.05) is 7.11 Å². The van der Waals surface area contributed by atoms with Crippen molar-refractivity contribution in [2.45, 2.75) is 6.54 Å². The first-order chi connectivity index (χ1) is 6.19. The number of nitrogens with zero attached hydrogens (tertiary/aromatic N) is 2. The predicted molar refractivity (Wildman–Crippen MR) is 50.6 cm³/mol. The van der Waals surface area contributed by atoms with Crippen LogP contribution in [0.3, 0.4) is 0 Å². The number of aromatic nitrogens is 1. The smallest absolute Gasteiger partial charge is 0.293 e. The van der Waals surface area contributed by atoms with E-state index in [0.29, 0.717) is 4.47 Å². The molecular formula is C8H7BrN2O2. The van der Waals surface area contributed by atoms with Gasteiger partial charge in [0.15, 0.2) is 5.75 Å². The Balaban J connectivity index is 3.29. The van der Waals surface area contributed by atoms with Gasteiger partial charge in [-0.05, 0) is 15.9 Å². The SMILES string of the molecule is COc1cc(Br)cn(CC#N)c1=O. The molecule has 4 nitrogen and oxygen atoms in total. The van der Waals surface area contributed by atoms with Gasteiger partial charge in [0.2, 0.25) is 0 Å². The minimum absolute atomic E-state index is 0.0225. The van der Waals surface area contributed by atoms with Crippen molar-refractivity contribution < 1.29 is 4.74 Å². The molecule has 0 amide bonds. The Labute approximate surface area is 83.5 Å². The fourth-order valence-corrected chi connectivity index (χ4v) is 1.37. The molecule has 0 bridgehead atoms. The molecule has 5 heteroatoms. The second-order valence-corrected chi connectivity index (χ2v) is 3.23. The molecule has 0 atom stereocenters. The Morgan fingerprint density at radius 2 is 2.46 bits per heavy atom. The zero-order valence-electron chi connectivity index (χ0n) is 6.95. The van der Waals surface area contributed by atoms with Crippen LogP contribution >= 0.6 is 15.9 Å². The summed E-state index contributed by atoms with van der Waals surface area (Å²) in [7, 11) is 1.42. The predicted octanol–water partition coefficient (Wildman–Crippen LogP) is 1.14. The van der Waals surface area contributed by atoms with E-state index in [0.717, 1.165) is 0 Å². The summed E-state index contributed by atoms with van der Waals surface area (Å²) in [4.78, 5) is 11.4. The first-order valence-corrected chi connectivity index (χ1v) is 4.29. The molecular weight excluding hydrogens is 236 g/mol. The molecule has 0 aromatic carbocycles. The van der Waals surface area contributed by atoms with E-state index in [1.807, 2.05) is 6.07 Å². The average Bonchev–Trinajstić information content (AvgIpc) is 2.11.